The van der Waals surface area contributed by atoms with E-state index in [0.29, 0.717) is 12.1 Å². The lowest BCUT2D eigenvalue weighted by atomic mass is 10.2. The standard InChI is InChI=1S/C13H8ClF4N/c14-8-2-1-3-9(15)13(8)19-6-7-4-11(17)12(18)5-10(7)16/h1-5,19H,6H2. The minimum atomic E-state index is -1.27. The van der Waals surface area contributed by atoms with Gasteiger partial charge in [0.25, 0.3) is 0 Å². The lowest BCUT2D eigenvalue weighted by molar-refractivity contribution is 0.490. The van der Waals surface area contributed by atoms with Gasteiger partial charge in [-0.25, -0.2) is 17.6 Å². The minimum Gasteiger partial charge on any atom is -0.377 e. The Morgan fingerprint density at radius 2 is 1.58 bits per heavy atom. The van der Waals surface area contributed by atoms with Gasteiger partial charge in [0.05, 0.1) is 10.7 Å². The molecular formula is C13H8ClF4N. The van der Waals surface area contributed by atoms with E-state index in [1.807, 2.05) is 0 Å². The quantitative estimate of drug-likeness (QED) is 0.647. The lowest BCUT2D eigenvalue weighted by Gasteiger charge is -2.10. The van der Waals surface area contributed by atoms with E-state index in [0.717, 1.165) is 0 Å². The van der Waals surface area contributed by atoms with Gasteiger partial charge in [0.2, 0.25) is 0 Å². The Morgan fingerprint density at radius 3 is 2.26 bits per heavy atom. The summed E-state index contributed by atoms with van der Waals surface area (Å²) >= 11 is 5.76. The minimum absolute atomic E-state index is 0.0201. The molecule has 6 heteroatoms. The summed E-state index contributed by atoms with van der Waals surface area (Å²) in [6.45, 7) is -0.219. The van der Waals surface area contributed by atoms with Gasteiger partial charge in [0.15, 0.2) is 11.6 Å². The monoisotopic (exact) mass is 289 g/mol. The predicted molar refractivity (Wildman–Crippen MR) is 65.1 cm³/mol. The number of hydrogen-bond donors (Lipinski definition) is 1. The highest BCUT2D eigenvalue weighted by Gasteiger charge is 2.11. The molecule has 0 amide bonds. The Balaban J connectivity index is 2.22. The van der Waals surface area contributed by atoms with Crippen LogP contribution in [0.2, 0.25) is 5.02 Å². The molecule has 1 nitrogen and oxygen atoms in total. The maximum atomic E-state index is 13.4. The molecule has 100 valence electrons. The number of anilines is 1. The molecule has 0 aromatic heterocycles. The van der Waals surface area contributed by atoms with Crippen molar-refractivity contribution in [2.24, 2.45) is 0 Å². The van der Waals surface area contributed by atoms with Crippen LogP contribution >= 0.6 is 11.6 Å². The van der Waals surface area contributed by atoms with Crippen LogP contribution < -0.4 is 5.32 Å². The van der Waals surface area contributed by atoms with Crippen molar-refractivity contribution in [3.8, 4) is 0 Å². The largest absolute Gasteiger partial charge is 0.377 e. The van der Waals surface area contributed by atoms with Crippen LogP contribution in [-0.4, -0.2) is 0 Å². The third-order valence-corrected chi connectivity index (χ3v) is 2.82. The fourth-order valence-electron chi connectivity index (χ4n) is 1.55. The van der Waals surface area contributed by atoms with E-state index in [1.54, 1.807) is 0 Å². The smallest absolute Gasteiger partial charge is 0.161 e. The molecule has 0 saturated carbocycles. The molecule has 0 unspecified atom stereocenters. The van der Waals surface area contributed by atoms with E-state index in [-0.39, 0.29) is 22.8 Å². The molecule has 19 heavy (non-hydrogen) atoms. The average Bonchev–Trinajstić information content (AvgIpc) is 2.34. The van der Waals surface area contributed by atoms with Crippen LogP contribution in [0.3, 0.4) is 0 Å². The summed E-state index contributed by atoms with van der Waals surface area (Å²) in [6, 6.07) is 5.20. The number of halogens is 5. The topological polar surface area (TPSA) is 12.0 Å². The van der Waals surface area contributed by atoms with Gasteiger partial charge < -0.3 is 5.32 Å². The molecule has 0 aliphatic carbocycles. The van der Waals surface area contributed by atoms with Crippen molar-refractivity contribution in [3.05, 3.63) is 64.2 Å². The summed E-state index contributed by atoms with van der Waals surface area (Å²) in [5.74, 6) is -3.97. The first kappa shape index (κ1) is 13.7. The molecule has 2 aromatic carbocycles. The molecule has 2 aromatic rings. The predicted octanol–water partition coefficient (Wildman–Crippen LogP) is 4.51. The lowest BCUT2D eigenvalue weighted by Crippen LogP contribution is -2.05. The van der Waals surface area contributed by atoms with Crippen LogP contribution in [0.4, 0.5) is 23.2 Å². The zero-order valence-electron chi connectivity index (χ0n) is 9.48. The summed E-state index contributed by atoms with van der Waals surface area (Å²) in [4.78, 5) is 0. The number of benzene rings is 2. The second-order valence-corrected chi connectivity index (χ2v) is 4.22. The van der Waals surface area contributed by atoms with Crippen LogP contribution in [0, 0.1) is 23.3 Å². The first-order valence-corrected chi connectivity index (χ1v) is 5.68. The average molecular weight is 290 g/mol. The van der Waals surface area contributed by atoms with Gasteiger partial charge in [0, 0.05) is 18.2 Å². The van der Waals surface area contributed by atoms with Gasteiger partial charge in [0.1, 0.15) is 11.6 Å². The molecule has 0 saturated heterocycles. The van der Waals surface area contributed by atoms with E-state index in [1.165, 1.54) is 18.2 Å². The molecule has 2 rings (SSSR count). The third-order valence-electron chi connectivity index (χ3n) is 2.51. The van der Waals surface area contributed by atoms with Gasteiger partial charge in [-0.15, -0.1) is 0 Å². The maximum absolute atomic E-state index is 13.4. The molecule has 0 aliphatic rings. The zero-order valence-corrected chi connectivity index (χ0v) is 10.2. The van der Waals surface area contributed by atoms with E-state index >= 15 is 0 Å². The Morgan fingerprint density at radius 1 is 0.895 bits per heavy atom. The Labute approximate surface area is 111 Å². The fourth-order valence-corrected chi connectivity index (χ4v) is 1.78. The van der Waals surface area contributed by atoms with Gasteiger partial charge in [-0.05, 0) is 18.2 Å². The summed E-state index contributed by atoms with van der Waals surface area (Å²) in [6.07, 6.45) is 0. The van der Waals surface area contributed by atoms with Crippen molar-refractivity contribution in [1.82, 2.24) is 0 Å². The number of para-hydroxylation sites is 1. The first-order valence-electron chi connectivity index (χ1n) is 5.30. The molecule has 0 atom stereocenters. The molecule has 1 N–H and O–H groups in total. The summed E-state index contributed by atoms with van der Waals surface area (Å²) in [7, 11) is 0. The summed E-state index contributed by atoms with van der Waals surface area (Å²) in [5, 5.41) is 2.66. The molecule has 0 radical (unpaired) electrons. The normalized spacial score (nSPS) is 10.6. The number of hydrogen-bond acceptors (Lipinski definition) is 1. The van der Waals surface area contributed by atoms with Crippen LogP contribution in [0.5, 0.6) is 0 Å². The van der Waals surface area contributed by atoms with Crippen LogP contribution in [0.25, 0.3) is 0 Å². The second kappa shape index (κ2) is 5.48. The summed E-state index contributed by atoms with van der Waals surface area (Å²) < 4.78 is 52.5. The van der Waals surface area contributed by atoms with E-state index in [4.69, 9.17) is 11.6 Å². The first-order chi connectivity index (χ1) is 8.99. The van der Waals surface area contributed by atoms with Crippen LogP contribution in [0.1, 0.15) is 5.56 Å². The van der Waals surface area contributed by atoms with Gasteiger partial charge in [-0.3, -0.25) is 0 Å². The molecule has 0 bridgehead atoms. The van der Waals surface area contributed by atoms with Crippen molar-refractivity contribution < 1.29 is 17.6 Å². The highest BCUT2D eigenvalue weighted by Crippen LogP contribution is 2.25. The van der Waals surface area contributed by atoms with E-state index in [9.17, 15) is 17.6 Å². The van der Waals surface area contributed by atoms with Crippen LogP contribution in [-0.2, 0) is 6.54 Å². The molecule has 0 fully saturated rings. The van der Waals surface area contributed by atoms with Crippen LogP contribution in [0.15, 0.2) is 30.3 Å². The Bertz CT molecular complexity index is 596. The molecule has 0 aliphatic heterocycles. The SMILES string of the molecule is Fc1cc(F)c(CNc2c(F)cccc2Cl)cc1F. The Hall–Kier alpha value is -1.75. The van der Waals surface area contributed by atoms with Crippen molar-refractivity contribution in [1.29, 1.82) is 0 Å². The number of rotatable bonds is 3. The highest BCUT2D eigenvalue weighted by molar-refractivity contribution is 6.33. The Kier molecular flexibility index (Phi) is 3.95. The van der Waals surface area contributed by atoms with Crippen molar-refractivity contribution >= 4 is 17.3 Å². The highest BCUT2D eigenvalue weighted by atomic mass is 35.5. The molecular weight excluding hydrogens is 282 g/mol. The van der Waals surface area contributed by atoms with E-state index in [2.05, 4.69) is 5.32 Å². The third kappa shape index (κ3) is 2.98. The summed E-state index contributed by atoms with van der Waals surface area (Å²) in [5.41, 5.74) is -0.147. The molecule has 0 heterocycles. The molecule has 0 spiro atoms. The van der Waals surface area contributed by atoms with Gasteiger partial charge in [-0.2, -0.15) is 0 Å². The zero-order chi connectivity index (χ0) is 14.0. The van der Waals surface area contributed by atoms with E-state index < -0.39 is 23.3 Å². The van der Waals surface area contributed by atoms with Crippen molar-refractivity contribution in [3.63, 3.8) is 0 Å². The maximum Gasteiger partial charge on any atom is 0.161 e. The fraction of sp³-hybridized carbons (Fsp3) is 0.0769. The van der Waals surface area contributed by atoms with Crippen molar-refractivity contribution in [2.75, 3.05) is 5.32 Å². The second-order valence-electron chi connectivity index (χ2n) is 3.81. The van der Waals surface area contributed by atoms with Crippen molar-refractivity contribution in [2.45, 2.75) is 6.54 Å². The number of nitrogens with one attached hydrogen (secondary N) is 1. The van der Waals surface area contributed by atoms with Gasteiger partial charge in [-0.1, -0.05) is 17.7 Å². The van der Waals surface area contributed by atoms with Gasteiger partial charge >= 0.3 is 0 Å².